The molecular weight excluding hydrogens is 325 g/mol. The SMILES string of the molecule is O=C(c1cc2c(F)cccc2s1)N1CCOC(c2ccccc2)C1. The van der Waals surface area contributed by atoms with Gasteiger partial charge < -0.3 is 9.64 Å². The smallest absolute Gasteiger partial charge is 0.264 e. The van der Waals surface area contributed by atoms with E-state index in [0.717, 1.165) is 10.3 Å². The van der Waals surface area contributed by atoms with Crippen molar-refractivity contribution in [2.24, 2.45) is 0 Å². The molecule has 0 N–H and O–H groups in total. The molecule has 24 heavy (non-hydrogen) atoms. The van der Waals surface area contributed by atoms with Gasteiger partial charge in [-0.1, -0.05) is 36.4 Å². The summed E-state index contributed by atoms with van der Waals surface area (Å²) >= 11 is 1.34. The van der Waals surface area contributed by atoms with Crippen LogP contribution >= 0.6 is 11.3 Å². The van der Waals surface area contributed by atoms with Crippen molar-refractivity contribution in [3.63, 3.8) is 0 Å². The van der Waals surface area contributed by atoms with Gasteiger partial charge in [-0.25, -0.2) is 4.39 Å². The van der Waals surface area contributed by atoms with E-state index in [1.54, 1.807) is 17.0 Å². The first-order valence-electron chi connectivity index (χ1n) is 7.86. The first-order valence-corrected chi connectivity index (χ1v) is 8.68. The molecule has 0 saturated carbocycles. The van der Waals surface area contributed by atoms with Crippen molar-refractivity contribution in [1.29, 1.82) is 0 Å². The number of ether oxygens (including phenoxy) is 1. The van der Waals surface area contributed by atoms with Crippen molar-refractivity contribution in [3.8, 4) is 0 Å². The first kappa shape index (κ1) is 15.3. The lowest BCUT2D eigenvalue weighted by Gasteiger charge is -2.33. The Balaban J connectivity index is 1.58. The molecule has 0 bridgehead atoms. The lowest BCUT2D eigenvalue weighted by atomic mass is 10.1. The monoisotopic (exact) mass is 341 g/mol. The maximum Gasteiger partial charge on any atom is 0.264 e. The van der Waals surface area contributed by atoms with E-state index in [2.05, 4.69) is 0 Å². The minimum Gasteiger partial charge on any atom is -0.370 e. The second-order valence-electron chi connectivity index (χ2n) is 5.78. The molecule has 122 valence electrons. The van der Waals surface area contributed by atoms with E-state index >= 15 is 0 Å². The van der Waals surface area contributed by atoms with Crippen LogP contribution in [0.4, 0.5) is 4.39 Å². The molecule has 2 heterocycles. The highest BCUT2D eigenvalue weighted by atomic mass is 32.1. The van der Waals surface area contributed by atoms with Crippen molar-refractivity contribution >= 4 is 27.3 Å². The maximum atomic E-state index is 13.9. The van der Waals surface area contributed by atoms with E-state index in [1.807, 2.05) is 36.4 Å². The molecule has 1 aliphatic heterocycles. The van der Waals surface area contributed by atoms with E-state index in [1.165, 1.54) is 17.4 Å². The van der Waals surface area contributed by atoms with Gasteiger partial charge in [0.05, 0.1) is 18.0 Å². The van der Waals surface area contributed by atoms with Crippen LogP contribution in [0.3, 0.4) is 0 Å². The van der Waals surface area contributed by atoms with E-state index in [-0.39, 0.29) is 17.8 Å². The number of amides is 1. The highest BCUT2D eigenvalue weighted by Gasteiger charge is 2.27. The number of hydrogen-bond donors (Lipinski definition) is 0. The molecule has 1 aromatic heterocycles. The second kappa shape index (κ2) is 6.34. The molecule has 0 aliphatic carbocycles. The van der Waals surface area contributed by atoms with Crippen LogP contribution in [-0.4, -0.2) is 30.5 Å². The largest absolute Gasteiger partial charge is 0.370 e. The van der Waals surface area contributed by atoms with E-state index < -0.39 is 0 Å². The molecule has 1 aliphatic rings. The molecule has 1 amide bonds. The van der Waals surface area contributed by atoms with Crippen LogP contribution in [0.5, 0.6) is 0 Å². The van der Waals surface area contributed by atoms with E-state index in [9.17, 15) is 9.18 Å². The molecule has 2 aromatic carbocycles. The Kier molecular flexibility index (Phi) is 4.04. The van der Waals surface area contributed by atoms with Gasteiger partial charge in [-0.2, -0.15) is 0 Å². The van der Waals surface area contributed by atoms with Gasteiger partial charge in [0.25, 0.3) is 5.91 Å². The molecule has 3 aromatic rings. The number of morpholine rings is 1. The molecule has 4 rings (SSSR count). The molecule has 1 unspecified atom stereocenters. The van der Waals surface area contributed by atoms with Crippen molar-refractivity contribution in [3.05, 3.63) is 70.9 Å². The minimum absolute atomic E-state index is 0.0557. The van der Waals surface area contributed by atoms with Gasteiger partial charge in [0.2, 0.25) is 0 Å². The number of fused-ring (bicyclic) bond motifs is 1. The summed E-state index contributed by atoms with van der Waals surface area (Å²) in [5.74, 6) is -0.341. The van der Waals surface area contributed by atoms with E-state index in [4.69, 9.17) is 4.74 Å². The third-order valence-electron chi connectivity index (χ3n) is 4.24. The number of nitrogens with zero attached hydrogens (tertiary/aromatic N) is 1. The molecule has 0 radical (unpaired) electrons. The predicted molar refractivity (Wildman–Crippen MR) is 92.8 cm³/mol. The highest BCUT2D eigenvalue weighted by Crippen LogP contribution is 2.30. The van der Waals surface area contributed by atoms with Crippen LogP contribution in [0.1, 0.15) is 21.3 Å². The number of carbonyl (C=O) groups excluding carboxylic acids is 1. The average Bonchev–Trinajstić information content (AvgIpc) is 3.08. The Morgan fingerprint density at radius 3 is 2.79 bits per heavy atom. The predicted octanol–water partition coefficient (Wildman–Crippen LogP) is 4.25. The zero-order chi connectivity index (χ0) is 16.5. The van der Waals surface area contributed by atoms with Gasteiger partial charge in [0, 0.05) is 16.6 Å². The van der Waals surface area contributed by atoms with Crippen LogP contribution in [-0.2, 0) is 4.74 Å². The quantitative estimate of drug-likeness (QED) is 0.697. The van der Waals surface area contributed by atoms with Gasteiger partial charge in [-0.05, 0) is 23.8 Å². The Morgan fingerprint density at radius 2 is 2.00 bits per heavy atom. The standard InChI is InChI=1S/C19H16FNO2S/c20-15-7-4-8-17-14(15)11-18(24-17)19(22)21-9-10-23-16(12-21)13-5-2-1-3-6-13/h1-8,11,16H,9-10,12H2. The number of carbonyl (C=O) groups is 1. The Hall–Kier alpha value is -2.24. The van der Waals surface area contributed by atoms with Crippen LogP contribution in [0.25, 0.3) is 10.1 Å². The van der Waals surface area contributed by atoms with Gasteiger partial charge in [0.1, 0.15) is 11.9 Å². The number of benzene rings is 2. The summed E-state index contributed by atoms with van der Waals surface area (Å²) in [7, 11) is 0. The third kappa shape index (κ3) is 2.81. The third-order valence-corrected chi connectivity index (χ3v) is 5.33. The molecule has 1 fully saturated rings. The zero-order valence-electron chi connectivity index (χ0n) is 12.9. The van der Waals surface area contributed by atoms with Gasteiger partial charge >= 0.3 is 0 Å². The number of rotatable bonds is 2. The fourth-order valence-electron chi connectivity index (χ4n) is 2.99. The Morgan fingerprint density at radius 1 is 1.17 bits per heavy atom. The Bertz CT molecular complexity index is 877. The first-order chi connectivity index (χ1) is 11.7. The van der Waals surface area contributed by atoms with Crippen molar-refractivity contribution in [1.82, 2.24) is 4.90 Å². The lowest BCUT2D eigenvalue weighted by Crippen LogP contribution is -2.42. The maximum absolute atomic E-state index is 13.9. The summed E-state index contributed by atoms with van der Waals surface area (Å²) in [6.45, 7) is 1.57. The molecule has 5 heteroatoms. The average molecular weight is 341 g/mol. The van der Waals surface area contributed by atoms with Crippen LogP contribution in [0.15, 0.2) is 54.6 Å². The van der Waals surface area contributed by atoms with Crippen molar-refractivity contribution in [2.75, 3.05) is 19.7 Å². The fourth-order valence-corrected chi connectivity index (χ4v) is 4.03. The summed E-state index contributed by atoms with van der Waals surface area (Å²) in [5.41, 5.74) is 1.07. The molecule has 1 atom stereocenters. The minimum atomic E-state index is -0.285. The zero-order valence-corrected chi connectivity index (χ0v) is 13.8. The van der Waals surface area contributed by atoms with Crippen molar-refractivity contribution in [2.45, 2.75) is 6.10 Å². The summed E-state index contributed by atoms with van der Waals surface area (Å²) in [6, 6.07) is 16.5. The van der Waals surface area contributed by atoms with E-state index in [0.29, 0.717) is 30.0 Å². The molecular formula is C19H16FNO2S. The summed E-state index contributed by atoms with van der Waals surface area (Å²) < 4.78 is 20.5. The second-order valence-corrected chi connectivity index (χ2v) is 6.87. The fraction of sp³-hybridized carbons (Fsp3) is 0.211. The van der Waals surface area contributed by atoms with Crippen molar-refractivity contribution < 1.29 is 13.9 Å². The number of hydrogen-bond acceptors (Lipinski definition) is 3. The normalized spacial score (nSPS) is 18.0. The van der Waals surface area contributed by atoms with Gasteiger partial charge in [0.15, 0.2) is 0 Å². The van der Waals surface area contributed by atoms with Crippen LogP contribution in [0, 0.1) is 5.82 Å². The number of halogens is 1. The topological polar surface area (TPSA) is 29.5 Å². The lowest BCUT2D eigenvalue weighted by molar-refractivity contribution is -0.0226. The Labute approximate surface area is 143 Å². The summed E-state index contributed by atoms with van der Waals surface area (Å²) in [6.07, 6.45) is -0.116. The van der Waals surface area contributed by atoms with Crippen LogP contribution in [0.2, 0.25) is 0 Å². The van der Waals surface area contributed by atoms with Gasteiger partial charge in [-0.15, -0.1) is 11.3 Å². The van der Waals surface area contributed by atoms with Crippen LogP contribution < -0.4 is 0 Å². The molecule has 0 spiro atoms. The summed E-state index contributed by atoms with van der Waals surface area (Å²) in [5, 5.41) is 0.513. The molecule has 1 saturated heterocycles. The van der Waals surface area contributed by atoms with Gasteiger partial charge in [-0.3, -0.25) is 4.79 Å². The number of thiophene rings is 1. The highest BCUT2D eigenvalue weighted by molar-refractivity contribution is 7.20. The molecule has 3 nitrogen and oxygen atoms in total. The summed E-state index contributed by atoms with van der Waals surface area (Å²) in [4.78, 5) is 15.2.